The highest BCUT2D eigenvalue weighted by Crippen LogP contribution is 2.45. The molecule has 20 heavy (non-hydrogen) atoms. The molecule has 1 aliphatic carbocycles. The maximum absolute atomic E-state index is 11.8. The number of carbonyl (C=O) groups is 2. The number of rotatable bonds is 5. The number of hydrogen-bond donors (Lipinski definition) is 0. The van der Waals surface area contributed by atoms with Crippen molar-refractivity contribution in [2.24, 2.45) is 5.92 Å². The second-order valence-electron chi connectivity index (χ2n) is 5.28. The van der Waals surface area contributed by atoms with Crippen molar-refractivity contribution in [2.75, 3.05) is 7.11 Å². The van der Waals surface area contributed by atoms with E-state index in [1.165, 1.54) is 25.4 Å². The van der Waals surface area contributed by atoms with Crippen molar-refractivity contribution < 1.29 is 19.1 Å². The summed E-state index contributed by atoms with van der Waals surface area (Å²) in [6.45, 7) is 5.40. The number of carbonyl (C=O) groups excluding carboxylic acids is 2. The molecule has 5 nitrogen and oxygen atoms in total. The lowest BCUT2D eigenvalue weighted by Gasteiger charge is -2.13. The molecule has 0 spiro atoms. The van der Waals surface area contributed by atoms with Gasteiger partial charge in [0.25, 0.3) is 0 Å². The van der Waals surface area contributed by atoms with Crippen LogP contribution in [-0.4, -0.2) is 24.0 Å². The van der Waals surface area contributed by atoms with Crippen LogP contribution in [0.5, 0.6) is 0 Å². The fourth-order valence-corrected chi connectivity index (χ4v) is 3.21. The molecule has 110 valence electrons. The molecule has 0 N–H and O–H groups in total. The van der Waals surface area contributed by atoms with Crippen LogP contribution < -0.4 is 0 Å². The normalized spacial score (nSPS) is 16.1. The van der Waals surface area contributed by atoms with E-state index in [9.17, 15) is 9.59 Å². The summed E-state index contributed by atoms with van der Waals surface area (Å²) in [6, 6.07) is 0. The molecular formula is C14H19NO4S. The topological polar surface area (TPSA) is 65.5 Å². The van der Waals surface area contributed by atoms with Crippen LogP contribution in [0.4, 0.5) is 0 Å². The van der Waals surface area contributed by atoms with Gasteiger partial charge < -0.3 is 9.47 Å². The van der Waals surface area contributed by atoms with Crippen molar-refractivity contribution in [3.8, 4) is 0 Å². The zero-order valence-electron chi connectivity index (χ0n) is 12.1. The molecule has 1 saturated carbocycles. The van der Waals surface area contributed by atoms with Gasteiger partial charge in [-0.1, -0.05) is 13.8 Å². The summed E-state index contributed by atoms with van der Waals surface area (Å²) in [5.41, 5.74) is 0.348. The van der Waals surface area contributed by atoms with Crippen molar-refractivity contribution >= 4 is 23.3 Å². The van der Waals surface area contributed by atoms with Gasteiger partial charge in [0.1, 0.15) is 5.01 Å². The molecule has 1 atom stereocenters. The molecule has 1 unspecified atom stereocenters. The maximum Gasteiger partial charge on any atom is 0.357 e. The van der Waals surface area contributed by atoms with Crippen molar-refractivity contribution in [2.45, 2.75) is 45.6 Å². The lowest BCUT2D eigenvalue weighted by Crippen LogP contribution is -2.11. The SMILES string of the molecule is COC(=O)c1nc(C(OC(C)=O)C2CC2)sc1C(C)C. The third kappa shape index (κ3) is 3.17. The van der Waals surface area contributed by atoms with Crippen molar-refractivity contribution in [3.63, 3.8) is 0 Å². The molecule has 0 saturated heterocycles. The summed E-state index contributed by atoms with van der Waals surface area (Å²) in [5.74, 6) is -0.250. The molecule has 2 rings (SSSR count). The molecule has 0 radical (unpaired) electrons. The van der Waals surface area contributed by atoms with E-state index in [4.69, 9.17) is 9.47 Å². The van der Waals surface area contributed by atoms with Crippen molar-refractivity contribution in [3.05, 3.63) is 15.6 Å². The molecule has 0 aromatic carbocycles. The minimum absolute atomic E-state index is 0.174. The molecule has 0 bridgehead atoms. The molecular weight excluding hydrogens is 278 g/mol. The number of hydrogen-bond acceptors (Lipinski definition) is 6. The van der Waals surface area contributed by atoms with Crippen LogP contribution in [0, 0.1) is 5.92 Å². The van der Waals surface area contributed by atoms with Gasteiger partial charge in [-0.25, -0.2) is 9.78 Å². The van der Waals surface area contributed by atoms with Gasteiger partial charge in [-0.2, -0.15) is 0 Å². The predicted octanol–water partition coefficient (Wildman–Crippen LogP) is 3.07. The molecule has 1 fully saturated rings. The number of aromatic nitrogens is 1. The zero-order chi connectivity index (χ0) is 14.9. The van der Waals surface area contributed by atoms with E-state index in [0.29, 0.717) is 16.6 Å². The average molecular weight is 297 g/mol. The van der Waals surface area contributed by atoms with E-state index in [0.717, 1.165) is 17.7 Å². The number of nitrogens with zero attached hydrogens (tertiary/aromatic N) is 1. The van der Waals surface area contributed by atoms with Gasteiger partial charge in [-0.05, 0) is 18.8 Å². The first kappa shape index (κ1) is 15.0. The molecule has 0 aliphatic heterocycles. The van der Waals surface area contributed by atoms with Gasteiger partial charge in [0, 0.05) is 17.7 Å². The Balaban J connectivity index is 2.35. The molecule has 1 aromatic heterocycles. The highest BCUT2D eigenvalue weighted by atomic mass is 32.1. The second kappa shape index (κ2) is 5.91. The predicted molar refractivity (Wildman–Crippen MR) is 74.8 cm³/mol. The Labute approximate surface area is 122 Å². The minimum atomic E-state index is -0.437. The van der Waals surface area contributed by atoms with Crippen LogP contribution in [-0.2, 0) is 14.3 Å². The van der Waals surface area contributed by atoms with E-state index in [1.54, 1.807) is 0 Å². The third-order valence-corrected chi connectivity index (χ3v) is 4.58. The number of thiazole rings is 1. The Morgan fingerprint density at radius 1 is 1.35 bits per heavy atom. The number of methoxy groups -OCH3 is 1. The lowest BCUT2D eigenvalue weighted by atomic mass is 10.1. The van der Waals surface area contributed by atoms with Crippen LogP contribution in [0.3, 0.4) is 0 Å². The summed E-state index contributed by atoms with van der Waals surface area (Å²) < 4.78 is 10.2. The Morgan fingerprint density at radius 2 is 2.00 bits per heavy atom. The molecule has 6 heteroatoms. The summed E-state index contributed by atoms with van der Waals surface area (Å²) in [6.07, 6.45) is 1.73. The summed E-state index contributed by atoms with van der Waals surface area (Å²) in [4.78, 5) is 28.3. The summed E-state index contributed by atoms with van der Waals surface area (Å²) in [7, 11) is 1.34. The molecule has 0 amide bonds. The smallest absolute Gasteiger partial charge is 0.357 e. The summed E-state index contributed by atoms with van der Waals surface area (Å²) >= 11 is 1.44. The van der Waals surface area contributed by atoms with Gasteiger partial charge in [0.05, 0.1) is 7.11 Å². The average Bonchev–Trinajstić information content (AvgIpc) is 3.12. The standard InChI is InChI=1S/C14H19NO4S/c1-7(2)12-10(14(17)18-4)15-13(20-12)11(9-5-6-9)19-8(3)16/h7,9,11H,5-6H2,1-4H3. The molecule has 1 heterocycles. The van der Waals surface area contributed by atoms with Crippen LogP contribution >= 0.6 is 11.3 Å². The Kier molecular flexibility index (Phi) is 4.42. The van der Waals surface area contributed by atoms with E-state index in [1.807, 2.05) is 13.8 Å². The van der Waals surface area contributed by atoms with Gasteiger partial charge in [0.15, 0.2) is 11.8 Å². The van der Waals surface area contributed by atoms with E-state index < -0.39 is 5.97 Å². The molecule has 1 aliphatic rings. The van der Waals surface area contributed by atoms with Gasteiger partial charge in [-0.3, -0.25) is 4.79 Å². The highest BCUT2D eigenvalue weighted by Gasteiger charge is 2.38. The first-order valence-electron chi connectivity index (χ1n) is 6.70. The van der Waals surface area contributed by atoms with Gasteiger partial charge in [-0.15, -0.1) is 11.3 Å². The quantitative estimate of drug-likeness (QED) is 0.781. The van der Waals surface area contributed by atoms with Gasteiger partial charge in [0.2, 0.25) is 0 Å². The Bertz CT molecular complexity index is 519. The van der Waals surface area contributed by atoms with E-state index >= 15 is 0 Å². The van der Waals surface area contributed by atoms with E-state index in [-0.39, 0.29) is 18.0 Å². The number of ether oxygens (including phenoxy) is 2. The van der Waals surface area contributed by atoms with E-state index in [2.05, 4.69) is 4.98 Å². The first-order chi connectivity index (χ1) is 9.43. The van der Waals surface area contributed by atoms with Crippen LogP contribution in [0.15, 0.2) is 0 Å². The summed E-state index contributed by atoms with van der Waals surface area (Å²) in [5, 5.41) is 0.701. The monoisotopic (exact) mass is 297 g/mol. The highest BCUT2D eigenvalue weighted by molar-refractivity contribution is 7.12. The lowest BCUT2D eigenvalue weighted by molar-refractivity contribution is -0.147. The van der Waals surface area contributed by atoms with Crippen LogP contribution in [0.25, 0.3) is 0 Å². The van der Waals surface area contributed by atoms with Crippen LogP contribution in [0.1, 0.15) is 66.0 Å². The maximum atomic E-state index is 11.8. The Hall–Kier alpha value is -1.43. The minimum Gasteiger partial charge on any atom is -0.464 e. The third-order valence-electron chi connectivity index (χ3n) is 3.16. The van der Waals surface area contributed by atoms with Crippen molar-refractivity contribution in [1.29, 1.82) is 0 Å². The fraction of sp³-hybridized carbons (Fsp3) is 0.643. The Morgan fingerprint density at radius 3 is 2.45 bits per heavy atom. The molecule has 1 aromatic rings. The number of esters is 2. The zero-order valence-corrected chi connectivity index (χ0v) is 13.0. The second-order valence-corrected chi connectivity index (χ2v) is 6.34. The van der Waals surface area contributed by atoms with Crippen LogP contribution in [0.2, 0.25) is 0 Å². The van der Waals surface area contributed by atoms with Crippen molar-refractivity contribution in [1.82, 2.24) is 4.98 Å². The largest absolute Gasteiger partial charge is 0.464 e. The van der Waals surface area contributed by atoms with Gasteiger partial charge >= 0.3 is 11.9 Å². The first-order valence-corrected chi connectivity index (χ1v) is 7.51. The fourth-order valence-electron chi connectivity index (χ4n) is 2.03.